The lowest BCUT2D eigenvalue weighted by Crippen LogP contribution is -2.42. The molecule has 0 heterocycles. The van der Waals surface area contributed by atoms with E-state index in [1.54, 1.807) is 27.4 Å². The molecular weight excluding hydrogens is 379 g/mol. The summed E-state index contributed by atoms with van der Waals surface area (Å²) >= 11 is 0. The first-order valence-electron chi connectivity index (χ1n) is 9.71. The fourth-order valence-corrected chi connectivity index (χ4v) is 6.16. The number of phenols is 1. The van der Waals surface area contributed by atoms with Gasteiger partial charge < -0.3 is 23.1 Å². The Bertz CT molecular complexity index is 535. The van der Waals surface area contributed by atoms with Gasteiger partial charge in [-0.05, 0) is 25.0 Å². The highest BCUT2D eigenvalue weighted by Gasteiger charge is 2.36. The van der Waals surface area contributed by atoms with E-state index in [1.165, 1.54) is 25.7 Å². The SMILES string of the molecule is CO[Si](CCCCCCCCOc1ccc(O)cc1[P+](C)(C)C)(OC)OC. The molecule has 0 saturated heterocycles. The predicted octanol–water partition coefficient (Wildman–Crippen LogP) is 4.52. The quantitative estimate of drug-likeness (QED) is 0.274. The van der Waals surface area contributed by atoms with Gasteiger partial charge in [-0.3, -0.25) is 0 Å². The number of rotatable bonds is 14. The molecule has 0 radical (unpaired) electrons. The van der Waals surface area contributed by atoms with E-state index >= 15 is 0 Å². The summed E-state index contributed by atoms with van der Waals surface area (Å²) in [4.78, 5) is 0. The molecule has 1 N–H and O–H groups in total. The minimum atomic E-state index is -2.40. The van der Waals surface area contributed by atoms with Crippen LogP contribution < -0.4 is 10.0 Å². The molecule has 0 aliphatic rings. The van der Waals surface area contributed by atoms with Crippen molar-refractivity contribution in [3.05, 3.63) is 18.2 Å². The number of hydrogen-bond donors (Lipinski definition) is 1. The van der Waals surface area contributed by atoms with Crippen molar-refractivity contribution in [2.24, 2.45) is 0 Å². The largest absolute Gasteiger partial charge is 0.508 e. The van der Waals surface area contributed by atoms with Gasteiger partial charge in [0.15, 0.2) is 5.75 Å². The fourth-order valence-electron chi connectivity index (χ4n) is 3.04. The number of ether oxygens (including phenoxy) is 1. The summed E-state index contributed by atoms with van der Waals surface area (Å²) in [6.45, 7) is 7.44. The molecular formula is C20H38O5PSi+. The molecule has 1 aromatic rings. The second-order valence-corrected chi connectivity index (χ2v) is 15.3. The zero-order valence-corrected chi connectivity index (χ0v) is 19.8. The Morgan fingerprint density at radius 2 is 1.41 bits per heavy atom. The van der Waals surface area contributed by atoms with E-state index < -0.39 is 16.1 Å². The third-order valence-electron chi connectivity index (χ3n) is 4.73. The molecule has 1 aromatic carbocycles. The number of aromatic hydroxyl groups is 1. The Hall–Kier alpha value is -0.653. The summed E-state index contributed by atoms with van der Waals surface area (Å²) in [5.74, 6) is 1.24. The maximum Gasteiger partial charge on any atom is 0.500 e. The Morgan fingerprint density at radius 1 is 0.852 bits per heavy atom. The van der Waals surface area contributed by atoms with Crippen LogP contribution in [0.25, 0.3) is 0 Å². The van der Waals surface area contributed by atoms with Gasteiger partial charge in [-0.1, -0.05) is 25.7 Å². The molecule has 0 aliphatic heterocycles. The minimum absolute atomic E-state index is 0.315. The zero-order chi connectivity index (χ0) is 20.3. The normalized spacial score (nSPS) is 12.4. The lowest BCUT2D eigenvalue weighted by molar-refractivity contribution is 0.122. The summed E-state index contributed by atoms with van der Waals surface area (Å²) in [6.07, 6.45) is 6.88. The van der Waals surface area contributed by atoms with Crippen LogP contribution in [0.1, 0.15) is 38.5 Å². The molecule has 0 saturated carbocycles. The zero-order valence-electron chi connectivity index (χ0n) is 17.9. The smallest absolute Gasteiger partial charge is 0.500 e. The molecule has 0 aromatic heterocycles. The van der Waals surface area contributed by atoms with Gasteiger partial charge in [0.25, 0.3) is 0 Å². The van der Waals surface area contributed by atoms with Crippen LogP contribution in [0, 0.1) is 0 Å². The van der Waals surface area contributed by atoms with Crippen molar-refractivity contribution < 1.29 is 23.1 Å². The Morgan fingerprint density at radius 3 is 1.96 bits per heavy atom. The molecule has 5 nitrogen and oxygen atoms in total. The van der Waals surface area contributed by atoms with Crippen LogP contribution >= 0.6 is 7.26 Å². The Balaban J connectivity index is 2.22. The van der Waals surface area contributed by atoms with E-state index in [1.807, 2.05) is 12.1 Å². The highest BCUT2D eigenvalue weighted by Crippen LogP contribution is 2.48. The predicted molar refractivity (Wildman–Crippen MR) is 117 cm³/mol. The first-order valence-corrected chi connectivity index (χ1v) is 14.8. The maximum atomic E-state index is 9.75. The summed E-state index contributed by atoms with van der Waals surface area (Å²) in [5, 5.41) is 10.9. The standard InChI is InChI=1S/C20H37O5PSi/c1-22-27(23-2,24-3)16-12-10-8-7-9-11-15-25-19-14-13-18(21)17-20(19)26(4,5)6/h13-14,17H,7-12,15-16H2,1-6H3/p+1. The first-order chi connectivity index (χ1) is 12.8. The van der Waals surface area contributed by atoms with Crippen LogP contribution in [0.5, 0.6) is 11.5 Å². The second-order valence-electron chi connectivity index (χ2n) is 7.68. The maximum absolute atomic E-state index is 9.75. The van der Waals surface area contributed by atoms with Crippen molar-refractivity contribution in [1.82, 2.24) is 0 Å². The third kappa shape index (κ3) is 8.49. The minimum Gasteiger partial charge on any atom is -0.508 e. The number of unbranched alkanes of at least 4 members (excludes halogenated alkanes) is 5. The summed E-state index contributed by atoms with van der Waals surface area (Å²) in [5.41, 5.74) is 0. The molecule has 0 fully saturated rings. The van der Waals surface area contributed by atoms with E-state index in [-0.39, 0.29) is 0 Å². The summed E-state index contributed by atoms with van der Waals surface area (Å²) < 4.78 is 22.3. The molecule has 0 spiro atoms. The van der Waals surface area contributed by atoms with Crippen molar-refractivity contribution in [3.63, 3.8) is 0 Å². The van der Waals surface area contributed by atoms with Gasteiger partial charge >= 0.3 is 8.80 Å². The van der Waals surface area contributed by atoms with Crippen LogP contribution in [0.3, 0.4) is 0 Å². The molecule has 0 bridgehead atoms. The highest BCUT2D eigenvalue weighted by molar-refractivity contribution is 7.81. The average Bonchev–Trinajstić information content (AvgIpc) is 2.64. The van der Waals surface area contributed by atoms with E-state index in [4.69, 9.17) is 18.0 Å². The lowest BCUT2D eigenvalue weighted by atomic mass is 10.1. The number of phenolic OH excluding ortho intramolecular Hbond substituents is 1. The van der Waals surface area contributed by atoms with Crippen molar-refractivity contribution in [2.75, 3.05) is 47.9 Å². The first kappa shape index (κ1) is 24.4. The Kier molecular flexibility index (Phi) is 10.9. The monoisotopic (exact) mass is 417 g/mol. The second kappa shape index (κ2) is 12.0. The van der Waals surface area contributed by atoms with Crippen molar-refractivity contribution in [1.29, 1.82) is 0 Å². The molecule has 27 heavy (non-hydrogen) atoms. The van der Waals surface area contributed by atoms with Crippen LogP contribution in [0.4, 0.5) is 0 Å². The van der Waals surface area contributed by atoms with Crippen LogP contribution in [-0.2, 0) is 13.3 Å². The van der Waals surface area contributed by atoms with Gasteiger partial charge in [0.05, 0.1) is 26.6 Å². The molecule has 0 atom stereocenters. The molecule has 7 heteroatoms. The van der Waals surface area contributed by atoms with E-state index in [2.05, 4.69) is 20.0 Å². The molecule has 1 rings (SSSR count). The summed E-state index contributed by atoms with van der Waals surface area (Å²) in [7, 11) is 1.36. The third-order valence-corrected chi connectivity index (χ3v) is 9.36. The van der Waals surface area contributed by atoms with Crippen molar-refractivity contribution in [3.8, 4) is 11.5 Å². The van der Waals surface area contributed by atoms with Gasteiger partial charge in [-0.2, -0.15) is 0 Å². The van der Waals surface area contributed by atoms with Gasteiger partial charge in [0, 0.05) is 40.7 Å². The van der Waals surface area contributed by atoms with Gasteiger partial charge in [0.2, 0.25) is 0 Å². The lowest BCUT2D eigenvalue weighted by Gasteiger charge is -2.24. The number of benzene rings is 1. The van der Waals surface area contributed by atoms with Gasteiger partial charge in [-0.15, -0.1) is 0 Å². The number of hydrogen-bond acceptors (Lipinski definition) is 5. The van der Waals surface area contributed by atoms with Crippen LogP contribution in [-0.4, -0.2) is 61.8 Å². The fraction of sp³-hybridized carbons (Fsp3) is 0.700. The molecule has 156 valence electrons. The van der Waals surface area contributed by atoms with Gasteiger partial charge in [-0.25, -0.2) is 0 Å². The Labute approximate surface area is 167 Å². The van der Waals surface area contributed by atoms with Crippen molar-refractivity contribution in [2.45, 2.75) is 44.6 Å². The summed E-state index contributed by atoms with van der Waals surface area (Å²) in [6, 6.07) is 6.33. The molecule has 0 unspecified atom stereocenters. The van der Waals surface area contributed by atoms with Crippen molar-refractivity contribution >= 4 is 21.4 Å². The topological polar surface area (TPSA) is 57.2 Å². The van der Waals surface area contributed by atoms with E-state index in [0.29, 0.717) is 5.75 Å². The molecule has 0 amide bonds. The highest BCUT2D eigenvalue weighted by atomic mass is 31.2. The van der Waals surface area contributed by atoms with E-state index in [9.17, 15) is 5.11 Å². The van der Waals surface area contributed by atoms with Crippen LogP contribution in [0.2, 0.25) is 6.04 Å². The van der Waals surface area contributed by atoms with E-state index in [0.717, 1.165) is 36.5 Å². The molecule has 0 aliphatic carbocycles. The van der Waals surface area contributed by atoms with Gasteiger partial charge in [0.1, 0.15) is 11.1 Å². The van der Waals surface area contributed by atoms with Crippen LogP contribution in [0.15, 0.2) is 18.2 Å². The average molecular weight is 418 g/mol.